The molecule has 0 saturated carbocycles. The molecule has 20 heavy (non-hydrogen) atoms. The average Bonchev–Trinajstić information content (AvgIpc) is 2.44. The number of unbranched alkanes of at least 4 members (excludes halogenated alkanes) is 1. The average molecular weight is 278 g/mol. The molecule has 1 heterocycles. The fourth-order valence-electron chi connectivity index (χ4n) is 2.87. The van der Waals surface area contributed by atoms with Crippen LogP contribution < -0.4 is 0 Å². The van der Waals surface area contributed by atoms with Crippen LogP contribution in [0.2, 0.25) is 0 Å². The van der Waals surface area contributed by atoms with E-state index in [0.717, 1.165) is 25.7 Å². The summed E-state index contributed by atoms with van der Waals surface area (Å²) >= 11 is 0. The third-order valence-electron chi connectivity index (χ3n) is 4.16. The van der Waals surface area contributed by atoms with Crippen molar-refractivity contribution in [1.29, 1.82) is 0 Å². The summed E-state index contributed by atoms with van der Waals surface area (Å²) in [7, 11) is 0. The van der Waals surface area contributed by atoms with E-state index < -0.39 is 11.9 Å². The van der Waals surface area contributed by atoms with Crippen LogP contribution in [0.3, 0.4) is 0 Å². The molecular formula is C16H22O4. The lowest BCUT2D eigenvalue weighted by Crippen LogP contribution is -2.39. The summed E-state index contributed by atoms with van der Waals surface area (Å²) in [6.07, 6.45) is 12.3. The van der Waals surface area contributed by atoms with Gasteiger partial charge in [0.05, 0.1) is 13.2 Å². The largest absolute Gasteiger partial charge is 0.465 e. The summed E-state index contributed by atoms with van der Waals surface area (Å²) in [6, 6.07) is 0. The Hall–Kier alpha value is -1.58. The lowest BCUT2D eigenvalue weighted by molar-refractivity contribution is -0.164. The van der Waals surface area contributed by atoms with Crippen LogP contribution in [0.4, 0.5) is 0 Å². The Morgan fingerprint density at radius 1 is 1.20 bits per heavy atom. The van der Waals surface area contributed by atoms with Crippen molar-refractivity contribution in [2.24, 2.45) is 11.3 Å². The standard InChI is InChI=1S/C16H22O4/c1-2-3-7-16(8-5-4-6-9-16)13-11-19-14(17)10-15(18)20-12-13/h4-6,8,13H,2-3,7,9-12H2,1H3. The van der Waals surface area contributed by atoms with Crippen LogP contribution in [0.25, 0.3) is 0 Å². The highest BCUT2D eigenvalue weighted by atomic mass is 16.6. The highest BCUT2D eigenvalue weighted by molar-refractivity contribution is 5.91. The van der Waals surface area contributed by atoms with E-state index in [1.54, 1.807) is 0 Å². The number of carbonyl (C=O) groups excluding carboxylic acids is 2. The van der Waals surface area contributed by atoms with E-state index in [2.05, 4.69) is 19.1 Å². The molecule has 0 bridgehead atoms. The number of rotatable bonds is 4. The Morgan fingerprint density at radius 2 is 1.90 bits per heavy atom. The van der Waals surface area contributed by atoms with E-state index in [9.17, 15) is 9.59 Å². The van der Waals surface area contributed by atoms with Crippen molar-refractivity contribution in [3.8, 4) is 0 Å². The molecule has 0 aromatic heterocycles. The Labute approximate surface area is 119 Å². The number of ether oxygens (including phenoxy) is 2. The third kappa shape index (κ3) is 3.50. The minimum Gasteiger partial charge on any atom is -0.465 e. The van der Waals surface area contributed by atoms with Gasteiger partial charge in [0.1, 0.15) is 6.42 Å². The van der Waals surface area contributed by atoms with Crippen molar-refractivity contribution in [2.75, 3.05) is 13.2 Å². The van der Waals surface area contributed by atoms with Crippen molar-refractivity contribution in [3.05, 3.63) is 24.3 Å². The summed E-state index contributed by atoms with van der Waals surface area (Å²) in [4.78, 5) is 22.9. The lowest BCUT2D eigenvalue weighted by atomic mass is 9.68. The topological polar surface area (TPSA) is 52.6 Å². The maximum Gasteiger partial charge on any atom is 0.317 e. The van der Waals surface area contributed by atoms with E-state index in [1.165, 1.54) is 0 Å². The molecule has 1 unspecified atom stereocenters. The first-order valence-electron chi connectivity index (χ1n) is 7.32. The van der Waals surface area contributed by atoms with Crippen LogP contribution >= 0.6 is 0 Å². The molecule has 110 valence electrons. The monoisotopic (exact) mass is 278 g/mol. The van der Waals surface area contributed by atoms with E-state index in [1.807, 2.05) is 12.2 Å². The molecule has 0 N–H and O–H groups in total. The second kappa shape index (κ2) is 6.73. The van der Waals surface area contributed by atoms with Gasteiger partial charge in [-0.2, -0.15) is 0 Å². The van der Waals surface area contributed by atoms with Crippen LogP contribution in [0.1, 0.15) is 39.0 Å². The van der Waals surface area contributed by atoms with Gasteiger partial charge in [-0.05, 0) is 12.8 Å². The Morgan fingerprint density at radius 3 is 2.45 bits per heavy atom. The van der Waals surface area contributed by atoms with Gasteiger partial charge in [0.15, 0.2) is 0 Å². The number of carbonyl (C=O) groups is 2. The molecule has 0 aromatic carbocycles. The van der Waals surface area contributed by atoms with Gasteiger partial charge in [0.2, 0.25) is 0 Å². The van der Waals surface area contributed by atoms with Crippen LogP contribution in [0.5, 0.6) is 0 Å². The SMILES string of the molecule is CCCCC1(C2COC(=O)CC(=O)OC2)C=CC=CC1. The number of esters is 2. The summed E-state index contributed by atoms with van der Waals surface area (Å²) in [6.45, 7) is 2.82. The summed E-state index contributed by atoms with van der Waals surface area (Å²) in [5, 5.41) is 0. The van der Waals surface area contributed by atoms with Crippen LogP contribution in [0.15, 0.2) is 24.3 Å². The van der Waals surface area contributed by atoms with Crippen molar-refractivity contribution in [3.63, 3.8) is 0 Å². The van der Waals surface area contributed by atoms with Crippen molar-refractivity contribution >= 4 is 11.9 Å². The van der Waals surface area contributed by atoms with Gasteiger partial charge in [-0.1, -0.05) is 44.1 Å². The van der Waals surface area contributed by atoms with Gasteiger partial charge in [-0.15, -0.1) is 0 Å². The Kier molecular flexibility index (Phi) is 4.99. The maximum absolute atomic E-state index is 11.4. The first kappa shape index (κ1) is 14.8. The molecule has 1 aliphatic heterocycles. The first-order valence-corrected chi connectivity index (χ1v) is 7.32. The Bertz CT molecular complexity index is 406. The zero-order chi connectivity index (χ0) is 14.4. The van der Waals surface area contributed by atoms with Gasteiger partial charge < -0.3 is 9.47 Å². The molecule has 0 spiro atoms. The number of hydrogen-bond donors (Lipinski definition) is 0. The second-order valence-corrected chi connectivity index (χ2v) is 5.57. The van der Waals surface area contributed by atoms with Gasteiger partial charge in [0, 0.05) is 11.3 Å². The molecule has 4 nitrogen and oxygen atoms in total. The summed E-state index contributed by atoms with van der Waals surface area (Å²) < 4.78 is 10.5. The molecule has 0 radical (unpaired) electrons. The van der Waals surface area contributed by atoms with E-state index in [4.69, 9.17) is 9.47 Å². The molecule has 4 heteroatoms. The predicted octanol–water partition coefficient (Wildman–Crippen LogP) is 2.79. The summed E-state index contributed by atoms with van der Waals surface area (Å²) in [5.41, 5.74) is -0.0668. The van der Waals surface area contributed by atoms with Gasteiger partial charge in [0.25, 0.3) is 0 Å². The molecule has 1 atom stereocenters. The molecular weight excluding hydrogens is 256 g/mol. The molecule has 1 fully saturated rings. The quantitative estimate of drug-likeness (QED) is 0.586. The van der Waals surface area contributed by atoms with Crippen molar-refractivity contribution in [2.45, 2.75) is 39.0 Å². The molecule has 1 aliphatic carbocycles. The molecule has 2 aliphatic rings. The zero-order valence-corrected chi connectivity index (χ0v) is 12.0. The van der Waals surface area contributed by atoms with Gasteiger partial charge in [-0.3, -0.25) is 9.59 Å². The first-order chi connectivity index (χ1) is 9.66. The smallest absolute Gasteiger partial charge is 0.317 e. The maximum atomic E-state index is 11.4. The highest BCUT2D eigenvalue weighted by Gasteiger charge is 2.38. The van der Waals surface area contributed by atoms with Crippen LogP contribution in [-0.4, -0.2) is 25.2 Å². The molecule has 1 saturated heterocycles. The van der Waals surface area contributed by atoms with Gasteiger partial charge >= 0.3 is 11.9 Å². The third-order valence-corrected chi connectivity index (χ3v) is 4.16. The van der Waals surface area contributed by atoms with E-state index in [-0.39, 0.29) is 17.8 Å². The lowest BCUT2D eigenvalue weighted by Gasteiger charge is -2.39. The highest BCUT2D eigenvalue weighted by Crippen LogP contribution is 2.42. The van der Waals surface area contributed by atoms with E-state index >= 15 is 0 Å². The fourth-order valence-corrected chi connectivity index (χ4v) is 2.87. The number of hydrogen-bond acceptors (Lipinski definition) is 4. The van der Waals surface area contributed by atoms with Gasteiger partial charge in [-0.25, -0.2) is 0 Å². The van der Waals surface area contributed by atoms with Crippen molar-refractivity contribution in [1.82, 2.24) is 0 Å². The minimum atomic E-state index is -0.485. The molecule has 0 amide bonds. The minimum absolute atomic E-state index is 0.0310. The van der Waals surface area contributed by atoms with E-state index in [0.29, 0.717) is 13.2 Å². The molecule has 0 aromatic rings. The fraction of sp³-hybridized carbons (Fsp3) is 0.625. The Balaban J connectivity index is 2.14. The van der Waals surface area contributed by atoms with Crippen LogP contribution in [-0.2, 0) is 19.1 Å². The normalized spacial score (nSPS) is 27.6. The van der Waals surface area contributed by atoms with Crippen LogP contribution in [0, 0.1) is 11.3 Å². The number of cyclic esters (lactones) is 2. The number of allylic oxidation sites excluding steroid dienone is 4. The predicted molar refractivity (Wildman–Crippen MR) is 74.9 cm³/mol. The summed E-state index contributed by atoms with van der Waals surface area (Å²) in [5.74, 6) is -0.940. The van der Waals surface area contributed by atoms with Crippen molar-refractivity contribution < 1.29 is 19.1 Å². The molecule has 2 rings (SSSR count). The zero-order valence-electron chi connectivity index (χ0n) is 12.0. The second-order valence-electron chi connectivity index (χ2n) is 5.57.